The summed E-state index contributed by atoms with van der Waals surface area (Å²) >= 11 is 0. The molecule has 34 heavy (non-hydrogen) atoms. The predicted molar refractivity (Wildman–Crippen MR) is 127 cm³/mol. The van der Waals surface area contributed by atoms with E-state index in [2.05, 4.69) is 30.4 Å². The number of Topliss-reactive ketones (excluding diaryl/α,β-unsaturated/α-hetero) is 1. The van der Waals surface area contributed by atoms with E-state index >= 15 is 0 Å². The zero-order chi connectivity index (χ0) is 24.4. The third-order valence-electron chi connectivity index (χ3n) is 6.58. The van der Waals surface area contributed by atoms with Crippen molar-refractivity contribution in [3.63, 3.8) is 0 Å². The van der Waals surface area contributed by atoms with Gasteiger partial charge in [0, 0.05) is 18.8 Å². The van der Waals surface area contributed by atoms with Crippen molar-refractivity contribution in [2.24, 2.45) is 11.8 Å². The summed E-state index contributed by atoms with van der Waals surface area (Å²) in [4.78, 5) is 21.4. The van der Waals surface area contributed by atoms with E-state index in [9.17, 15) is 18.0 Å². The molecule has 1 fully saturated rings. The molecule has 4 rings (SSSR count). The van der Waals surface area contributed by atoms with Crippen molar-refractivity contribution in [2.75, 3.05) is 0 Å². The van der Waals surface area contributed by atoms with Gasteiger partial charge in [0.05, 0.1) is 5.56 Å². The first-order valence-corrected chi connectivity index (χ1v) is 11.5. The van der Waals surface area contributed by atoms with Crippen LogP contribution in [0.15, 0.2) is 49.3 Å². The Hall–Kier alpha value is -3.28. The number of carbonyl (C=O) groups is 1. The van der Waals surface area contributed by atoms with Crippen LogP contribution in [0, 0.1) is 29.3 Å². The fraction of sp³-hybridized carbons (Fsp3) is 0.321. The zero-order valence-electron chi connectivity index (χ0n) is 19.3. The van der Waals surface area contributed by atoms with Crippen molar-refractivity contribution in [1.82, 2.24) is 9.97 Å². The van der Waals surface area contributed by atoms with Gasteiger partial charge in [0.2, 0.25) is 0 Å². The first-order valence-electron chi connectivity index (χ1n) is 11.5. The van der Waals surface area contributed by atoms with Crippen LogP contribution in [-0.2, 0) is 6.42 Å². The Morgan fingerprint density at radius 1 is 1.03 bits per heavy atom. The van der Waals surface area contributed by atoms with Crippen molar-refractivity contribution < 1.29 is 18.0 Å². The summed E-state index contributed by atoms with van der Waals surface area (Å²) in [5.74, 6) is -1.67. The number of rotatable bonds is 6. The third-order valence-corrected chi connectivity index (χ3v) is 6.58. The molecule has 0 bridgehead atoms. The highest BCUT2D eigenvalue weighted by Crippen LogP contribution is 2.40. The summed E-state index contributed by atoms with van der Waals surface area (Å²) in [6.45, 7) is 7.98. The molecular weight excluding hydrogens is 437 g/mol. The molecule has 6 heteroatoms. The standard InChI is InChI=1S/C28H27F3N2O/c1-4-18-12-23(30)27(24(31)13-18)28-22(29)5-6-25(33-28)26(34)14-20-15-32-8-7-21(20)19-10-16(2)9-17(3)11-19/h4-8,12-13,15-17,19H,1,9-11,14H2,2-3H3/t16-,17+,19?. The van der Waals surface area contributed by atoms with Crippen molar-refractivity contribution >= 4 is 11.9 Å². The average Bonchev–Trinajstić information content (AvgIpc) is 2.79. The van der Waals surface area contributed by atoms with Crippen LogP contribution in [0.3, 0.4) is 0 Å². The van der Waals surface area contributed by atoms with Crippen LogP contribution >= 0.6 is 0 Å². The van der Waals surface area contributed by atoms with Crippen LogP contribution < -0.4 is 0 Å². The molecule has 3 nitrogen and oxygen atoms in total. The lowest BCUT2D eigenvalue weighted by Gasteiger charge is -2.32. The molecule has 0 spiro atoms. The highest BCUT2D eigenvalue weighted by atomic mass is 19.1. The van der Waals surface area contributed by atoms with Gasteiger partial charge >= 0.3 is 0 Å². The Bertz CT molecular complexity index is 1210. The Labute approximate surface area is 197 Å². The number of aromatic nitrogens is 2. The summed E-state index contributed by atoms with van der Waals surface area (Å²) < 4.78 is 43.7. The van der Waals surface area contributed by atoms with Gasteiger partial charge in [-0.05, 0) is 84.0 Å². The summed E-state index contributed by atoms with van der Waals surface area (Å²) in [6, 6.07) is 6.33. The largest absolute Gasteiger partial charge is 0.292 e. The highest BCUT2D eigenvalue weighted by molar-refractivity contribution is 5.96. The van der Waals surface area contributed by atoms with E-state index in [0.29, 0.717) is 17.8 Å². The minimum atomic E-state index is -0.971. The van der Waals surface area contributed by atoms with Gasteiger partial charge in [-0.15, -0.1) is 0 Å². The lowest BCUT2D eigenvalue weighted by Crippen LogP contribution is -2.20. The second-order valence-electron chi connectivity index (χ2n) is 9.38. The van der Waals surface area contributed by atoms with E-state index in [4.69, 9.17) is 0 Å². The second kappa shape index (κ2) is 9.92. The molecule has 1 aliphatic rings. The van der Waals surface area contributed by atoms with E-state index in [1.54, 1.807) is 12.4 Å². The quantitative estimate of drug-likeness (QED) is 0.363. The summed E-state index contributed by atoms with van der Waals surface area (Å²) in [6.07, 6.45) is 8.04. The van der Waals surface area contributed by atoms with Gasteiger partial charge in [0.15, 0.2) is 5.78 Å². The number of hydrogen-bond acceptors (Lipinski definition) is 3. The van der Waals surface area contributed by atoms with Crippen LogP contribution in [-0.4, -0.2) is 15.8 Å². The van der Waals surface area contributed by atoms with Crippen molar-refractivity contribution in [2.45, 2.75) is 45.4 Å². The number of nitrogens with zero attached hydrogens (tertiary/aromatic N) is 2. The molecule has 1 saturated carbocycles. The summed E-state index contributed by atoms with van der Waals surface area (Å²) in [7, 11) is 0. The molecule has 2 heterocycles. The molecule has 0 saturated heterocycles. The fourth-order valence-electron chi connectivity index (χ4n) is 5.16. The third kappa shape index (κ3) is 4.96. The first-order chi connectivity index (χ1) is 16.3. The topological polar surface area (TPSA) is 42.9 Å². The molecular formula is C28H27F3N2O. The van der Waals surface area contributed by atoms with Gasteiger partial charge in [-0.25, -0.2) is 18.2 Å². The minimum absolute atomic E-state index is 0.0286. The number of carbonyl (C=O) groups excluding carboxylic acids is 1. The van der Waals surface area contributed by atoms with Crippen LogP contribution in [0.1, 0.15) is 66.2 Å². The van der Waals surface area contributed by atoms with Crippen molar-refractivity contribution in [3.8, 4) is 11.3 Å². The molecule has 3 aromatic rings. The van der Waals surface area contributed by atoms with Gasteiger partial charge in [-0.1, -0.05) is 26.5 Å². The Morgan fingerprint density at radius 2 is 1.71 bits per heavy atom. The van der Waals surface area contributed by atoms with Gasteiger partial charge in [-0.2, -0.15) is 0 Å². The smallest absolute Gasteiger partial charge is 0.185 e. The SMILES string of the molecule is C=Cc1cc(F)c(-c2nc(C(=O)Cc3cnccc3C3C[C@@H](C)C[C@@H](C)C3)ccc2F)c(F)c1. The molecule has 3 atom stereocenters. The molecule has 1 aromatic carbocycles. The normalized spacial score (nSPS) is 20.2. The lowest BCUT2D eigenvalue weighted by molar-refractivity contribution is 0.0987. The van der Waals surface area contributed by atoms with E-state index in [0.717, 1.165) is 42.2 Å². The predicted octanol–water partition coefficient (Wildman–Crippen LogP) is 7.17. The van der Waals surface area contributed by atoms with Gasteiger partial charge in [0.1, 0.15) is 28.8 Å². The number of pyridine rings is 2. The Morgan fingerprint density at radius 3 is 2.35 bits per heavy atom. The maximum atomic E-state index is 14.6. The lowest BCUT2D eigenvalue weighted by atomic mass is 9.73. The molecule has 176 valence electrons. The number of halogens is 3. The molecule has 2 aromatic heterocycles. The fourth-order valence-corrected chi connectivity index (χ4v) is 5.16. The second-order valence-corrected chi connectivity index (χ2v) is 9.38. The molecule has 1 aliphatic carbocycles. The number of benzene rings is 1. The summed E-state index contributed by atoms with van der Waals surface area (Å²) in [5, 5.41) is 0. The van der Waals surface area contributed by atoms with Crippen LogP contribution in [0.5, 0.6) is 0 Å². The highest BCUT2D eigenvalue weighted by Gasteiger charge is 2.27. The Balaban J connectivity index is 1.65. The average molecular weight is 465 g/mol. The molecule has 0 amide bonds. The van der Waals surface area contributed by atoms with E-state index in [1.165, 1.54) is 18.6 Å². The van der Waals surface area contributed by atoms with Crippen molar-refractivity contribution in [1.29, 1.82) is 0 Å². The van der Waals surface area contributed by atoms with Crippen LogP contribution in [0.4, 0.5) is 13.2 Å². The number of hydrogen-bond donors (Lipinski definition) is 0. The van der Waals surface area contributed by atoms with Gasteiger partial charge in [-0.3, -0.25) is 9.78 Å². The first kappa shape index (κ1) is 23.9. The van der Waals surface area contributed by atoms with E-state index < -0.39 is 28.7 Å². The van der Waals surface area contributed by atoms with Gasteiger partial charge in [0.25, 0.3) is 0 Å². The summed E-state index contributed by atoms with van der Waals surface area (Å²) in [5.41, 5.74) is 0.938. The maximum absolute atomic E-state index is 14.6. The van der Waals surface area contributed by atoms with Crippen LogP contribution in [0.25, 0.3) is 17.3 Å². The van der Waals surface area contributed by atoms with Crippen molar-refractivity contribution in [3.05, 3.63) is 89.1 Å². The zero-order valence-corrected chi connectivity index (χ0v) is 19.3. The minimum Gasteiger partial charge on any atom is -0.292 e. The van der Waals surface area contributed by atoms with E-state index in [1.807, 2.05) is 6.07 Å². The molecule has 0 aliphatic heterocycles. The molecule has 0 radical (unpaired) electrons. The Kier molecular flexibility index (Phi) is 6.96. The van der Waals surface area contributed by atoms with Gasteiger partial charge < -0.3 is 0 Å². The maximum Gasteiger partial charge on any atom is 0.185 e. The molecule has 1 unspecified atom stereocenters. The van der Waals surface area contributed by atoms with Crippen LogP contribution in [0.2, 0.25) is 0 Å². The van der Waals surface area contributed by atoms with E-state index in [-0.39, 0.29) is 23.5 Å². The molecule has 0 N–H and O–H groups in total. The number of ketones is 1. The monoisotopic (exact) mass is 464 g/mol.